The fourth-order valence-corrected chi connectivity index (χ4v) is 4.13. The fraction of sp³-hybridized carbons (Fsp3) is 0.296. The van der Waals surface area contributed by atoms with E-state index in [1.807, 2.05) is 60.7 Å². The van der Waals surface area contributed by atoms with Gasteiger partial charge in [-0.15, -0.1) is 0 Å². The van der Waals surface area contributed by atoms with E-state index in [0.717, 1.165) is 28.7 Å². The molecule has 0 radical (unpaired) electrons. The summed E-state index contributed by atoms with van der Waals surface area (Å²) in [6.07, 6.45) is 8.02. The molecule has 0 saturated carbocycles. The van der Waals surface area contributed by atoms with Gasteiger partial charge in [-0.25, -0.2) is 9.59 Å². The van der Waals surface area contributed by atoms with Crippen molar-refractivity contribution in [1.82, 2.24) is 10.6 Å². The molecule has 0 saturated heterocycles. The molecule has 2 N–H and O–H groups in total. The molecule has 0 aliphatic heterocycles. The minimum atomic E-state index is -0.682. The van der Waals surface area contributed by atoms with Crippen LogP contribution in [0.5, 0.6) is 0 Å². The summed E-state index contributed by atoms with van der Waals surface area (Å²) in [5.74, 6) is -0.849. The van der Waals surface area contributed by atoms with E-state index in [2.05, 4.69) is 22.8 Å². The number of hydrogen-bond acceptors (Lipinski definition) is 6. The topological polar surface area (TPSA) is 103 Å². The van der Waals surface area contributed by atoms with Crippen LogP contribution in [0, 0.1) is 5.92 Å². The van der Waals surface area contributed by atoms with Crippen molar-refractivity contribution < 1.29 is 28.6 Å². The van der Waals surface area contributed by atoms with Gasteiger partial charge in [0.2, 0.25) is 5.91 Å². The summed E-state index contributed by atoms with van der Waals surface area (Å²) in [6.45, 7) is -0.260. The lowest BCUT2D eigenvalue weighted by atomic mass is 9.98. The van der Waals surface area contributed by atoms with E-state index >= 15 is 0 Å². The second-order valence-corrected chi connectivity index (χ2v) is 8.26. The number of carbonyl (C=O) groups is 3. The molecule has 8 heteroatoms. The Morgan fingerprint density at radius 3 is 2.26 bits per heavy atom. The number of rotatable bonds is 10. The van der Waals surface area contributed by atoms with E-state index in [9.17, 15) is 14.4 Å². The van der Waals surface area contributed by atoms with Crippen molar-refractivity contribution in [3.8, 4) is 11.1 Å². The predicted octanol–water partition coefficient (Wildman–Crippen LogP) is 3.29. The zero-order valence-electron chi connectivity index (χ0n) is 19.3. The molecule has 2 amide bonds. The molecule has 4 rings (SSSR count). The molecule has 0 aromatic heterocycles. The zero-order chi connectivity index (χ0) is 24.5. The van der Waals surface area contributed by atoms with E-state index in [1.54, 1.807) is 0 Å². The van der Waals surface area contributed by atoms with Crippen LogP contribution >= 0.6 is 0 Å². The largest absolute Gasteiger partial charge is 0.463 e. The Morgan fingerprint density at radius 2 is 1.57 bits per heavy atom. The molecule has 8 nitrogen and oxygen atoms in total. The third kappa shape index (κ3) is 6.58. The van der Waals surface area contributed by atoms with Crippen molar-refractivity contribution in [3.05, 3.63) is 84.0 Å². The number of carbonyl (C=O) groups excluding carboxylic acids is 3. The number of alkyl carbamates (subject to hydrolysis) is 1. The lowest BCUT2D eigenvalue weighted by molar-refractivity contribution is -0.150. The van der Waals surface area contributed by atoms with Gasteiger partial charge in [0.25, 0.3) is 0 Å². The number of fused-ring (bicyclic) bond motifs is 3. The van der Waals surface area contributed by atoms with Crippen LogP contribution in [0.4, 0.5) is 4.79 Å². The Kier molecular flexibility index (Phi) is 8.30. The maximum atomic E-state index is 12.1. The van der Waals surface area contributed by atoms with Crippen LogP contribution in [0.3, 0.4) is 0 Å². The van der Waals surface area contributed by atoms with Crippen LogP contribution in [0.2, 0.25) is 0 Å². The van der Waals surface area contributed by atoms with E-state index in [0.29, 0.717) is 6.61 Å². The number of nitrogens with one attached hydrogen (secondary N) is 2. The van der Waals surface area contributed by atoms with Crippen molar-refractivity contribution in [2.24, 2.45) is 5.92 Å². The summed E-state index contributed by atoms with van der Waals surface area (Å²) in [5.41, 5.74) is 4.51. The molecule has 1 atom stereocenters. The smallest absolute Gasteiger partial charge is 0.407 e. The highest BCUT2D eigenvalue weighted by Gasteiger charge is 2.29. The van der Waals surface area contributed by atoms with Crippen molar-refractivity contribution in [3.63, 3.8) is 0 Å². The average Bonchev–Trinajstić information content (AvgIpc) is 3.22. The summed E-state index contributed by atoms with van der Waals surface area (Å²) in [7, 11) is 0. The second-order valence-electron chi connectivity index (χ2n) is 8.26. The molecule has 0 heterocycles. The molecule has 0 bridgehead atoms. The average molecular weight is 477 g/mol. The minimum absolute atomic E-state index is 0.0549. The van der Waals surface area contributed by atoms with Crippen molar-refractivity contribution in [1.29, 1.82) is 0 Å². The number of amides is 2. The normalized spacial score (nSPS) is 15.7. The number of hydrogen-bond donors (Lipinski definition) is 2. The van der Waals surface area contributed by atoms with Gasteiger partial charge < -0.3 is 24.8 Å². The maximum absolute atomic E-state index is 12.1. The van der Waals surface area contributed by atoms with Gasteiger partial charge in [0.05, 0.1) is 6.61 Å². The van der Waals surface area contributed by atoms with E-state index in [-0.39, 0.29) is 38.3 Å². The van der Waals surface area contributed by atoms with Crippen LogP contribution in [0.1, 0.15) is 23.5 Å². The highest BCUT2D eigenvalue weighted by molar-refractivity contribution is 5.82. The summed E-state index contributed by atoms with van der Waals surface area (Å²) in [4.78, 5) is 35.8. The van der Waals surface area contributed by atoms with Crippen LogP contribution in [-0.4, -0.2) is 51.1 Å². The van der Waals surface area contributed by atoms with Gasteiger partial charge >= 0.3 is 12.1 Å². The fourth-order valence-electron chi connectivity index (χ4n) is 4.13. The van der Waals surface area contributed by atoms with E-state index in [4.69, 9.17) is 14.2 Å². The van der Waals surface area contributed by atoms with Crippen molar-refractivity contribution >= 4 is 18.0 Å². The number of ether oxygens (including phenoxy) is 3. The van der Waals surface area contributed by atoms with E-state index in [1.165, 1.54) is 0 Å². The molecular formula is C27H28N2O6. The molecule has 2 aromatic carbocycles. The third-order valence-corrected chi connectivity index (χ3v) is 5.86. The Balaban J connectivity index is 1.11. The number of benzene rings is 2. The van der Waals surface area contributed by atoms with Gasteiger partial charge in [-0.05, 0) is 28.7 Å². The molecular weight excluding hydrogens is 448 g/mol. The van der Waals surface area contributed by atoms with Crippen LogP contribution < -0.4 is 10.6 Å². The minimum Gasteiger partial charge on any atom is -0.463 e. The molecule has 0 fully saturated rings. The van der Waals surface area contributed by atoms with Gasteiger partial charge in [0, 0.05) is 11.8 Å². The maximum Gasteiger partial charge on any atom is 0.407 e. The molecule has 2 aromatic rings. The lowest BCUT2D eigenvalue weighted by Gasteiger charge is -2.14. The summed E-state index contributed by atoms with van der Waals surface area (Å²) < 4.78 is 15.6. The van der Waals surface area contributed by atoms with Crippen LogP contribution in [0.25, 0.3) is 11.1 Å². The summed E-state index contributed by atoms with van der Waals surface area (Å²) in [5, 5.41) is 4.89. The Labute approximate surface area is 203 Å². The summed E-state index contributed by atoms with van der Waals surface area (Å²) in [6, 6.07) is 16.1. The van der Waals surface area contributed by atoms with Gasteiger partial charge in [0.15, 0.2) is 0 Å². The first-order valence-corrected chi connectivity index (χ1v) is 11.5. The quantitative estimate of drug-likeness (QED) is 0.310. The van der Waals surface area contributed by atoms with Gasteiger partial charge in [-0.1, -0.05) is 72.8 Å². The van der Waals surface area contributed by atoms with E-state index < -0.39 is 18.0 Å². The van der Waals surface area contributed by atoms with Gasteiger partial charge in [-0.2, -0.15) is 0 Å². The number of allylic oxidation sites excluding steroid dienone is 3. The molecule has 0 spiro atoms. The summed E-state index contributed by atoms with van der Waals surface area (Å²) >= 11 is 0. The van der Waals surface area contributed by atoms with Crippen LogP contribution in [0.15, 0.2) is 72.8 Å². The zero-order valence-corrected chi connectivity index (χ0v) is 19.3. The Hall–Kier alpha value is -3.91. The molecule has 35 heavy (non-hydrogen) atoms. The molecule has 2 aliphatic carbocycles. The molecule has 1 unspecified atom stereocenters. The van der Waals surface area contributed by atoms with Crippen LogP contribution in [-0.2, 0) is 23.8 Å². The van der Waals surface area contributed by atoms with Gasteiger partial charge in [0.1, 0.15) is 26.5 Å². The predicted molar refractivity (Wildman–Crippen MR) is 129 cm³/mol. The van der Waals surface area contributed by atoms with Crippen molar-refractivity contribution in [2.45, 2.75) is 12.3 Å². The molecule has 2 aliphatic rings. The highest BCUT2D eigenvalue weighted by Crippen LogP contribution is 2.44. The van der Waals surface area contributed by atoms with Gasteiger partial charge in [-0.3, -0.25) is 4.79 Å². The highest BCUT2D eigenvalue weighted by atomic mass is 16.6. The van der Waals surface area contributed by atoms with Crippen molar-refractivity contribution in [2.75, 3.05) is 33.1 Å². The first-order valence-electron chi connectivity index (χ1n) is 11.5. The first-order chi connectivity index (χ1) is 17.1. The first kappa shape index (κ1) is 24.2. The molecule has 182 valence electrons. The number of esters is 1. The monoisotopic (exact) mass is 476 g/mol. The second kappa shape index (κ2) is 12.0. The standard InChI is InChI=1S/C27H28N2O6/c30-25(29-18-33-17-26(31)34-15-19-8-2-1-3-9-19)14-28-27(32)35-16-24-22-12-6-4-10-20(22)21-11-5-7-13-23(21)24/h1-8,10-13,19,24H,9,14-18H2,(H,28,32)(H,29,30). The lowest BCUT2D eigenvalue weighted by Crippen LogP contribution is -2.38. The third-order valence-electron chi connectivity index (χ3n) is 5.86. The Bertz CT molecular complexity index is 1080. The Morgan fingerprint density at radius 1 is 0.857 bits per heavy atom. The SMILES string of the molecule is O=C(CNC(=O)OCC1c2ccccc2-c2ccccc21)NCOCC(=O)OCC1C=CC=CC1.